The van der Waals surface area contributed by atoms with Crippen molar-refractivity contribution in [3.8, 4) is 0 Å². The summed E-state index contributed by atoms with van der Waals surface area (Å²) in [6.45, 7) is 13.7. The van der Waals surface area contributed by atoms with E-state index in [1.807, 2.05) is 0 Å². The second-order valence-corrected chi connectivity index (χ2v) is 10.6. The van der Waals surface area contributed by atoms with Crippen molar-refractivity contribution in [2.45, 2.75) is 78.3 Å². The first-order chi connectivity index (χ1) is 16.0. The Hall–Kier alpha value is -1.84. The van der Waals surface area contributed by atoms with Crippen LogP contribution in [0.1, 0.15) is 64.5 Å². The zero-order valence-corrected chi connectivity index (χ0v) is 21.5. The van der Waals surface area contributed by atoms with Gasteiger partial charge in [-0.25, -0.2) is 0 Å². The SMILES string of the molecule is CCC(C)C(N)CN1CCC(N(CCC(C)C)c2ccc(CCc3ccccc3)cc2)CC1. The van der Waals surface area contributed by atoms with Crippen LogP contribution in [0.5, 0.6) is 0 Å². The lowest BCUT2D eigenvalue weighted by Gasteiger charge is -2.41. The number of hydrogen-bond donors (Lipinski definition) is 1. The molecule has 1 aliphatic rings. The highest BCUT2D eigenvalue weighted by Crippen LogP contribution is 2.26. The first kappa shape index (κ1) is 25.8. The molecule has 182 valence electrons. The van der Waals surface area contributed by atoms with Gasteiger partial charge in [0.15, 0.2) is 0 Å². The quantitative estimate of drug-likeness (QED) is 0.421. The molecule has 2 N–H and O–H groups in total. The Morgan fingerprint density at radius 1 is 0.909 bits per heavy atom. The van der Waals surface area contributed by atoms with Crippen LogP contribution in [0, 0.1) is 11.8 Å². The Bertz CT molecular complexity index is 778. The van der Waals surface area contributed by atoms with Crippen molar-refractivity contribution >= 4 is 5.69 Å². The van der Waals surface area contributed by atoms with E-state index in [0.29, 0.717) is 18.0 Å². The van der Waals surface area contributed by atoms with Crippen molar-refractivity contribution in [2.24, 2.45) is 17.6 Å². The van der Waals surface area contributed by atoms with Gasteiger partial charge in [-0.05, 0) is 67.2 Å². The lowest BCUT2D eigenvalue weighted by Crippen LogP contribution is -2.49. The minimum atomic E-state index is 0.298. The molecule has 1 fully saturated rings. The van der Waals surface area contributed by atoms with E-state index >= 15 is 0 Å². The van der Waals surface area contributed by atoms with E-state index in [1.54, 1.807) is 0 Å². The van der Waals surface area contributed by atoms with Gasteiger partial charge in [0.25, 0.3) is 0 Å². The van der Waals surface area contributed by atoms with E-state index in [9.17, 15) is 0 Å². The van der Waals surface area contributed by atoms with Crippen molar-refractivity contribution in [2.75, 3.05) is 31.1 Å². The first-order valence-corrected chi connectivity index (χ1v) is 13.3. The molecule has 2 aromatic carbocycles. The summed E-state index contributed by atoms with van der Waals surface area (Å²) in [5, 5.41) is 0. The number of rotatable bonds is 12. The minimum Gasteiger partial charge on any atom is -0.368 e. The summed E-state index contributed by atoms with van der Waals surface area (Å²) in [5.41, 5.74) is 10.7. The van der Waals surface area contributed by atoms with Gasteiger partial charge in [-0.15, -0.1) is 0 Å². The summed E-state index contributed by atoms with van der Waals surface area (Å²) in [6.07, 6.45) is 7.10. The van der Waals surface area contributed by atoms with Gasteiger partial charge in [-0.2, -0.15) is 0 Å². The average Bonchev–Trinajstić information content (AvgIpc) is 2.84. The number of nitrogens with two attached hydrogens (primary N) is 1. The fourth-order valence-corrected chi connectivity index (χ4v) is 4.90. The zero-order chi connectivity index (χ0) is 23.6. The third kappa shape index (κ3) is 8.15. The number of hydrogen-bond acceptors (Lipinski definition) is 3. The fourth-order valence-electron chi connectivity index (χ4n) is 4.90. The largest absolute Gasteiger partial charge is 0.368 e. The second kappa shape index (κ2) is 13.2. The summed E-state index contributed by atoms with van der Waals surface area (Å²) in [7, 11) is 0. The number of anilines is 1. The third-order valence-electron chi connectivity index (χ3n) is 7.60. The van der Waals surface area contributed by atoms with E-state index in [1.165, 1.54) is 55.6 Å². The molecule has 3 heteroatoms. The topological polar surface area (TPSA) is 32.5 Å². The van der Waals surface area contributed by atoms with E-state index in [0.717, 1.165) is 31.8 Å². The maximum Gasteiger partial charge on any atom is 0.0368 e. The first-order valence-electron chi connectivity index (χ1n) is 13.3. The molecule has 2 unspecified atom stereocenters. The van der Waals surface area contributed by atoms with E-state index in [4.69, 9.17) is 5.73 Å². The Kier molecular flexibility index (Phi) is 10.3. The Morgan fingerprint density at radius 3 is 2.09 bits per heavy atom. The van der Waals surface area contributed by atoms with Crippen LogP contribution in [0.4, 0.5) is 5.69 Å². The van der Waals surface area contributed by atoms with Gasteiger partial charge in [0, 0.05) is 44.0 Å². The monoisotopic (exact) mass is 449 g/mol. The molecule has 0 radical (unpaired) electrons. The molecule has 3 rings (SSSR count). The van der Waals surface area contributed by atoms with E-state index < -0.39 is 0 Å². The molecule has 0 saturated carbocycles. The van der Waals surface area contributed by atoms with Crippen LogP contribution in [-0.4, -0.2) is 43.2 Å². The van der Waals surface area contributed by atoms with Crippen LogP contribution >= 0.6 is 0 Å². The lowest BCUT2D eigenvalue weighted by molar-refractivity contribution is 0.183. The maximum atomic E-state index is 6.45. The minimum absolute atomic E-state index is 0.298. The van der Waals surface area contributed by atoms with Crippen LogP contribution in [-0.2, 0) is 12.8 Å². The molecule has 0 aromatic heterocycles. The summed E-state index contributed by atoms with van der Waals surface area (Å²) < 4.78 is 0. The zero-order valence-electron chi connectivity index (χ0n) is 21.5. The molecular weight excluding hydrogens is 402 g/mol. The Morgan fingerprint density at radius 2 is 1.52 bits per heavy atom. The lowest BCUT2D eigenvalue weighted by atomic mass is 9.96. The van der Waals surface area contributed by atoms with Crippen LogP contribution in [0.2, 0.25) is 0 Å². The van der Waals surface area contributed by atoms with Crippen molar-refractivity contribution in [1.82, 2.24) is 4.90 Å². The molecule has 1 heterocycles. The Balaban J connectivity index is 1.59. The van der Waals surface area contributed by atoms with Crippen LogP contribution in [0.15, 0.2) is 54.6 Å². The van der Waals surface area contributed by atoms with Crippen molar-refractivity contribution in [3.05, 3.63) is 65.7 Å². The number of piperidine rings is 1. The molecule has 2 atom stereocenters. The summed E-state index contributed by atoms with van der Waals surface area (Å²) in [5.74, 6) is 1.33. The molecule has 1 saturated heterocycles. The highest BCUT2D eigenvalue weighted by atomic mass is 15.2. The van der Waals surface area contributed by atoms with Crippen molar-refractivity contribution < 1.29 is 0 Å². The van der Waals surface area contributed by atoms with Crippen LogP contribution in [0.25, 0.3) is 0 Å². The number of nitrogens with zero attached hydrogens (tertiary/aromatic N) is 2. The molecule has 0 bridgehead atoms. The van der Waals surface area contributed by atoms with Gasteiger partial charge >= 0.3 is 0 Å². The van der Waals surface area contributed by atoms with Gasteiger partial charge in [-0.1, -0.05) is 76.6 Å². The van der Waals surface area contributed by atoms with Crippen LogP contribution < -0.4 is 10.6 Å². The van der Waals surface area contributed by atoms with Gasteiger partial charge in [0.2, 0.25) is 0 Å². The molecule has 0 spiro atoms. The number of likely N-dealkylation sites (tertiary alicyclic amines) is 1. The molecule has 3 nitrogen and oxygen atoms in total. The predicted molar refractivity (Wildman–Crippen MR) is 144 cm³/mol. The third-order valence-corrected chi connectivity index (χ3v) is 7.60. The summed E-state index contributed by atoms with van der Waals surface area (Å²) >= 11 is 0. The maximum absolute atomic E-state index is 6.45. The highest BCUT2D eigenvalue weighted by molar-refractivity contribution is 5.49. The molecular formula is C30H47N3. The molecule has 2 aromatic rings. The summed E-state index contributed by atoms with van der Waals surface area (Å²) in [4.78, 5) is 5.30. The van der Waals surface area contributed by atoms with Gasteiger partial charge in [-0.3, -0.25) is 0 Å². The molecule has 1 aliphatic heterocycles. The smallest absolute Gasteiger partial charge is 0.0368 e. The van der Waals surface area contributed by atoms with Crippen molar-refractivity contribution in [3.63, 3.8) is 0 Å². The fraction of sp³-hybridized carbons (Fsp3) is 0.600. The number of benzene rings is 2. The normalized spacial score (nSPS) is 17.3. The molecule has 0 amide bonds. The van der Waals surface area contributed by atoms with Gasteiger partial charge in [0.1, 0.15) is 0 Å². The standard InChI is InChI=1S/C30H47N3/c1-5-25(4)30(31)23-32-20-18-29(19-21-32)33(22-17-24(2)3)28-15-13-27(14-16-28)12-11-26-9-7-6-8-10-26/h6-10,13-16,24-25,29-30H,5,11-12,17-23,31H2,1-4H3. The van der Waals surface area contributed by atoms with E-state index in [-0.39, 0.29) is 0 Å². The predicted octanol–water partition coefficient (Wildman–Crippen LogP) is 6.16. The van der Waals surface area contributed by atoms with Crippen molar-refractivity contribution in [1.29, 1.82) is 0 Å². The van der Waals surface area contributed by atoms with Gasteiger partial charge < -0.3 is 15.5 Å². The van der Waals surface area contributed by atoms with Gasteiger partial charge in [0.05, 0.1) is 0 Å². The second-order valence-electron chi connectivity index (χ2n) is 10.6. The average molecular weight is 450 g/mol. The van der Waals surface area contributed by atoms with Crippen LogP contribution in [0.3, 0.4) is 0 Å². The summed E-state index contributed by atoms with van der Waals surface area (Å²) in [6, 6.07) is 21.2. The molecule has 0 aliphatic carbocycles. The Labute approximate surface area is 203 Å². The number of aryl methyl sites for hydroxylation is 2. The van der Waals surface area contributed by atoms with E-state index in [2.05, 4.69) is 92.1 Å². The molecule has 33 heavy (non-hydrogen) atoms. The highest BCUT2D eigenvalue weighted by Gasteiger charge is 2.26.